The van der Waals surface area contributed by atoms with Crippen molar-refractivity contribution in [3.63, 3.8) is 0 Å². The van der Waals surface area contributed by atoms with Crippen molar-refractivity contribution in [3.8, 4) is 0 Å². The number of carbonyl (C=O) groups is 6. The van der Waals surface area contributed by atoms with Crippen LogP contribution in [0.2, 0.25) is 0 Å². The highest BCUT2D eigenvalue weighted by Crippen LogP contribution is 3.07. The molecule has 0 radical (unpaired) electrons. The molecule has 1 aromatic carbocycles. The standard InChI is InChI=1S/C43H57N5O8S/c1-10-21(4)36(46-41(54)42-30-33-31(42)35-32(42)34(30)43(33,35)47-23(6)49)39(52)48(8)28(20(2)3)18-29(56-24(7)50)38-45-27(19-57-38)37(51)44-26(16-22(5)40(53)55-9)17-25-14-12-11-13-15-25/h11-15,19-22,26,28-36H,10,16-18H2,1-9H3,(H,44,51)(H,46,54)(H,47,49). The molecule has 2 aromatic rings. The first-order valence-corrected chi connectivity index (χ1v) is 21.3. The second-order valence-corrected chi connectivity index (χ2v) is 18.6. The fourth-order valence-electron chi connectivity index (χ4n) is 12.0. The summed E-state index contributed by atoms with van der Waals surface area (Å²) in [6.45, 7) is 12.6. The lowest BCUT2D eigenvalue weighted by Gasteiger charge is -3.10. The summed E-state index contributed by atoms with van der Waals surface area (Å²) in [5, 5.41) is 11.6. The van der Waals surface area contributed by atoms with Crippen LogP contribution in [-0.4, -0.2) is 83.3 Å². The number of likely N-dealkylation sites (N-methyl/N-ethyl adjacent to an activating group) is 1. The first-order valence-electron chi connectivity index (χ1n) is 20.5. The minimum absolute atomic E-state index is 0.00226. The molecule has 6 fully saturated rings. The molecule has 308 valence electrons. The molecule has 1 aromatic heterocycles. The molecule has 57 heavy (non-hydrogen) atoms. The van der Waals surface area contributed by atoms with Crippen LogP contribution >= 0.6 is 11.3 Å². The van der Waals surface area contributed by atoms with Crippen molar-refractivity contribution in [1.29, 1.82) is 0 Å². The average Bonchev–Trinajstić information content (AvgIpc) is 3.68. The van der Waals surface area contributed by atoms with Gasteiger partial charge in [0, 0.05) is 44.8 Å². The number of nitrogens with zero attached hydrogens (tertiary/aromatic N) is 2. The second kappa shape index (κ2) is 15.1. The smallest absolute Gasteiger partial charge is 0.308 e. The van der Waals surface area contributed by atoms with Crippen molar-refractivity contribution < 1.29 is 38.2 Å². The second-order valence-electron chi connectivity index (χ2n) is 17.7. The Hall–Kier alpha value is -4.33. The summed E-state index contributed by atoms with van der Waals surface area (Å²) in [6.07, 6.45) is 0.940. The Labute approximate surface area is 338 Å². The Kier molecular flexibility index (Phi) is 10.8. The number of hydrogen-bond acceptors (Lipinski definition) is 10. The predicted octanol–water partition coefficient (Wildman–Crippen LogP) is 4.32. The molecule has 0 bridgehead atoms. The monoisotopic (exact) mass is 803 g/mol. The summed E-state index contributed by atoms with van der Waals surface area (Å²) in [7, 11) is 3.08. The zero-order valence-corrected chi connectivity index (χ0v) is 35.2. The molecule has 0 saturated heterocycles. The Bertz CT molecular complexity index is 1880. The summed E-state index contributed by atoms with van der Waals surface area (Å²) in [4.78, 5) is 85.2. The molecular formula is C43H57N5O8S. The Balaban J connectivity index is 1.03. The Morgan fingerprint density at radius 2 is 1.54 bits per heavy atom. The van der Waals surface area contributed by atoms with Gasteiger partial charge in [0.05, 0.1) is 24.0 Å². The predicted molar refractivity (Wildman–Crippen MR) is 211 cm³/mol. The Morgan fingerprint density at radius 3 is 2.09 bits per heavy atom. The van der Waals surface area contributed by atoms with Crippen molar-refractivity contribution in [2.45, 2.75) is 104 Å². The normalized spacial score (nSPS) is 30.8. The maximum atomic E-state index is 14.5. The van der Waals surface area contributed by atoms with Gasteiger partial charge in [0.2, 0.25) is 17.7 Å². The largest absolute Gasteiger partial charge is 0.469 e. The van der Waals surface area contributed by atoms with Gasteiger partial charge >= 0.3 is 11.9 Å². The van der Waals surface area contributed by atoms with Crippen molar-refractivity contribution in [2.24, 2.45) is 58.7 Å². The molecule has 13 nitrogen and oxygen atoms in total. The van der Waals surface area contributed by atoms with Gasteiger partial charge in [-0.05, 0) is 65.7 Å². The van der Waals surface area contributed by atoms with Crippen molar-refractivity contribution in [3.05, 3.63) is 52.0 Å². The van der Waals surface area contributed by atoms with E-state index in [9.17, 15) is 28.8 Å². The van der Waals surface area contributed by atoms with E-state index in [-0.39, 0.29) is 59.2 Å². The third-order valence-corrected chi connectivity index (χ3v) is 15.4. The van der Waals surface area contributed by atoms with Gasteiger partial charge in [0.1, 0.15) is 16.7 Å². The fourth-order valence-corrected chi connectivity index (χ4v) is 12.8. The van der Waals surface area contributed by atoms with E-state index in [2.05, 4.69) is 20.9 Å². The number of aromatic nitrogens is 1. The quantitative estimate of drug-likeness (QED) is 0.175. The summed E-state index contributed by atoms with van der Waals surface area (Å²) in [5.74, 6) is -0.0908. The van der Waals surface area contributed by atoms with Crippen LogP contribution in [0, 0.1) is 58.7 Å². The molecule has 0 aliphatic heterocycles. The molecule has 6 aliphatic carbocycles. The number of nitrogens with one attached hydrogen (secondary N) is 3. The number of benzene rings is 1. The van der Waals surface area contributed by atoms with Gasteiger partial charge in [0.25, 0.3) is 5.91 Å². The van der Waals surface area contributed by atoms with Gasteiger partial charge in [-0.25, -0.2) is 4.98 Å². The van der Waals surface area contributed by atoms with Gasteiger partial charge in [0.15, 0.2) is 6.10 Å². The number of carbonyl (C=O) groups excluding carboxylic acids is 6. The van der Waals surface area contributed by atoms with Crippen LogP contribution in [0.4, 0.5) is 0 Å². The maximum absolute atomic E-state index is 14.5. The van der Waals surface area contributed by atoms with Crippen molar-refractivity contribution >= 4 is 46.9 Å². The molecule has 6 unspecified atom stereocenters. The van der Waals surface area contributed by atoms with Crippen LogP contribution in [0.1, 0.15) is 94.9 Å². The zero-order valence-electron chi connectivity index (χ0n) is 34.4. The molecule has 4 amide bonds. The van der Waals surface area contributed by atoms with Gasteiger partial charge in [-0.3, -0.25) is 28.8 Å². The SMILES string of the molecule is CCC(C)C(NC(=O)C12C3C4C1C1C2C3C41NC(C)=O)C(=O)N(C)C(CC(OC(C)=O)c1nc(C(=O)NC(Cc2ccccc2)CC(C)C(=O)OC)cs1)C(C)C. The summed E-state index contributed by atoms with van der Waals surface area (Å²) in [6, 6.07) is 8.17. The molecule has 6 aliphatic rings. The van der Waals surface area contributed by atoms with Crippen LogP contribution in [0.3, 0.4) is 0 Å². The molecule has 8 rings (SSSR count). The first kappa shape index (κ1) is 40.9. The lowest BCUT2D eigenvalue weighted by Crippen LogP contribution is -3.16. The Morgan fingerprint density at radius 1 is 0.912 bits per heavy atom. The molecular weight excluding hydrogens is 747 g/mol. The minimum Gasteiger partial charge on any atom is -0.469 e. The summed E-state index contributed by atoms with van der Waals surface area (Å²) in [5.41, 5.74) is 0.702. The van der Waals surface area contributed by atoms with E-state index in [1.807, 2.05) is 58.0 Å². The third-order valence-electron chi connectivity index (χ3n) is 14.5. The van der Waals surface area contributed by atoms with Crippen LogP contribution in [0.25, 0.3) is 0 Å². The maximum Gasteiger partial charge on any atom is 0.308 e. The van der Waals surface area contributed by atoms with Crippen LogP contribution < -0.4 is 16.0 Å². The highest BCUT2D eigenvalue weighted by molar-refractivity contribution is 7.09. The molecule has 6 saturated carbocycles. The first-order chi connectivity index (χ1) is 27.0. The molecule has 1 heterocycles. The third kappa shape index (κ3) is 6.18. The van der Waals surface area contributed by atoms with Crippen LogP contribution in [-0.2, 0) is 39.9 Å². The van der Waals surface area contributed by atoms with E-state index in [4.69, 9.17) is 9.47 Å². The molecule has 3 N–H and O–H groups in total. The average molecular weight is 804 g/mol. The van der Waals surface area contributed by atoms with E-state index in [0.717, 1.165) is 5.56 Å². The van der Waals surface area contributed by atoms with E-state index < -0.39 is 41.4 Å². The number of rotatable bonds is 19. The minimum atomic E-state index is -0.838. The molecule has 14 heteroatoms. The van der Waals surface area contributed by atoms with Gasteiger partial charge in [-0.1, -0.05) is 71.4 Å². The topological polar surface area (TPSA) is 173 Å². The number of amides is 4. The summed E-state index contributed by atoms with van der Waals surface area (Å²) < 4.78 is 10.8. The van der Waals surface area contributed by atoms with E-state index in [1.54, 1.807) is 31.2 Å². The van der Waals surface area contributed by atoms with Gasteiger partial charge in [-0.2, -0.15) is 0 Å². The number of hydrogen-bond donors (Lipinski definition) is 3. The summed E-state index contributed by atoms with van der Waals surface area (Å²) >= 11 is 1.20. The van der Waals surface area contributed by atoms with Crippen molar-refractivity contribution in [1.82, 2.24) is 25.8 Å². The van der Waals surface area contributed by atoms with E-state index >= 15 is 0 Å². The van der Waals surface area contributed by atoms with E-state index in [1.165, 1.54) is 25.4 Å². The number of ether oxygens (including phenoxy) is 2. The van der Waals surface area contributed by atoms with Crippen molar-refractivity contribution in [2.75, 3.05) is 14.2 Å². The van der Waals surface area contributed by atoms with Gasteiger partial charge in [-0.15, -0.1) is 11.3 Å². The molecule has 0 spiro atoms. The van der Waals surface area contributed by atoms with Gasteiger partial charge < -0.3 is 30.3 Å². The number of methoxy groups -OCH3 is 1. The zero-order chi connectivity index (χ0) is 41.3. The number of esters is 2. The van der Waals surface area contributed by atoms with Crippen LogP contribution in [0.15, 0.2) is 35.7 Å². The molecule has 6 atom stereocenters. The highest BCUT2D eigenvalue weighted by atomic mass is 32.1. The fraction of sp³-hybridized carbons (Fsp3) is 0.651. The number of thiazole rings is 1. The van der Waals surface area contributed by atoms with E-state index in [0.29, 0.717) is 59.8 Å². The lowest BCUT2D eigenvalue weighted by molar-refractivity contribution is -0.607. The lowest BCUT2D eigenvalue weighted by atomic mass is 8.94. The highest BCUT2D eigenvalue weighted by Gasteiger charge is 3.11. The van der Waals surface area contributed by atoms with Crippen LogP contribution in [0.5, 0.6) is 0 Å².